The van der Waals surface area contributed by atoms with Crippen molar-refractivity contribution in [2.75, 3.05) is 5.32 Å². The first kappa shape index (κ1) is 18.6. The Hall–Kier alpha value is -2.69. The molecule has 0 saturated carbocycles. The zero-order chi connectivity index (χ0) is 18.4. The van der Waals surface area contributed by atoms with Gasteiger partial charge in [0.25, 0.3) is 5.91 Å². The van der Waals surface area contributed by atoms with Crippen molar-refractivity contribution in [3.8, 4) is 0 Å². The summed E-state index contributed by atoms with van der Waals surface area (Å²) >= 11 is 0. The van der Waals surface area contributed by atoms with E-state index in [1.807, 2.05) is 24.3 Å². The summed E-state index contributed by atoms with van der Waals surface area (Å²) in [6.45, 7) is 5.67. The fourth-order valence-corrected chi connectivity index (χ4v) is 2.36. The quantitative estimate of drug-likeness (QED) is 0.785. The largest absolute Gasteiger partial charge is 0.449 e. The third kappa shape index (κ3) is 4.89. The zero-order valence-electron chi connectivity index (χ0n) is 14.6. The van der Waals surface area contributed by atoms with Crippen LogP contribution in [-0.4, -0.2) is 18.0 Å². The molecule has 0 saturated heterocycles. The van der Waals surface area contributed by atoms with Gasteiger partial charge in [0.05, 0.1) is 5.56 Å². The number of esters is 1. The lowest BCUT2D eigenvalue weighted by atomic mass is 9.97. The van der Waals surface area contributed by atoms with Gasteiger partial charge in [-0.1, -0.05) is 32.0 Å². The van der Waals surface area contributed by atoms with Crippen LogP contribution in [0.3, 0.4) is 0 Å². The van der Waals surface area contributed by atoms with E-state index in [0.29, 0.717) is 11.6 Å². The average Bonchev–Trinajstić information content (AvgIpc) is 2.61. The number of anilines is 1. The lowest BCUT2D eigenvalue weighted by molar-refractivity contribution is -0.123. The molecule has 0 bridgehead atoms. The average molecular weight is 343 g/mol. The van der Waals surface area contributed by atoms with E-state index in [-0.39, 0.29) is 5.56 Å². The first-order valence-corrected chi connectivity index (χ1v) is 8.28. The highest BCUT2D eigenvalue weighted by Gasteiger charge is 2.20. The zero-order valence-corrected chi connectivity index (χ0v) is 14.6. The number of nitrogens with one attached hydrogen (secondary N) is 1. The van der Waals surface area contributed by atoms with Crippen molar-refractivity contribution in [2.45, 2.75) is 39.2 Å². The van der Waals surface area contributed by atoms with Crippen LogP contribution >= 0.6 is 0 Å². The molecule has 2 aromatic carbocycles. The Morgan fingerprint density at radius 1 is 1.08 bits per heavy atom. The van der Waals surface area contributed by atoms with Crippen LogP contribution < -0.4 is 5.32 Å². The molecule has 0 spiro atoms. The standard InChI is InChI=1S/C20H22FNO3/c1-4-13(2)17-7-5-6-8-18(17)22-19(23)14(3)25-20(24)15-9-11-16(21)12-10-15/h5-14H,4H2,1-3H3,(H,22,23)/t13-,14-/m1/s1. The summed E-state index contributed by atoms with van der Waals surface area (Å²) < 4.78 is 18.1. The van der Waals surface area contributed by atoms with E-state index in [1.165, 1.54) is 31.2 Å². The van der Waals surface area contributed by atoms with Crippen LogP contribution in [0.4, 0.5) is 10.1 Å². The molecule has 2 atom stereocenters. The summed E-state index contributed by atoms with van der Waals surface area (Å²) in [5.74, 6) is -1.22. The molecule has 5 heteroatoms. The van der Waals surface area contributed by atoms with E-state index >= 15 is 0 Å². The van der Waals surface area contributed by atoms with Crippen molar-refractivity contribution >= 4 is 17.6 Å². The Bertz CT molecular complexity index is 743. The van der Waals surface area contributed by atoms with Crippen LogP contribution in [0.2, 0.25) is 0 Å². The Kier molecular flexibility index (Phi) is 6.28. The molecule has 1 N–H and O–H groups in total. The molecule has 0 fully saturated rings. The molecule has 0 heterocycles. The van der Waals surface area contributed by atoms with Crippen molar-refractivity contribution in [3.05, 3.63) is 65.5 Å². The summed E-state index contributed by atoms with van der Waals surface area (Å²) in [4.78, 5) is 24.4. The molecular formula is C20H22FNO3. The molecular weight excluding hydrogens is 321 g/mol. The van der Waals surface area contributed by atoms with Gasteiger partial charge in [-0.05, 0) is 55.2 Å². The number of amides is 1. The van der Waals surface area contributed by atoms with E-state index < -0.39 is 23.8 Å². The molecule has 0 unspecified atom stereocenters. The van der Waals surface area contributed by atoms with Crippen LogP contribution in [-0.2, 0) is 9.53 Å². The number of carbonyl (C=O) groups excluding carboxylic acids is 2. The minimum atomic E-state index is -0.970. The maximum Gasteiger partial charge on any atom is 0.338 e. The van der Waals surface area contributed by atoms with Gasteiger partial charge >= 0.3 is 5.97 Å². The first-order chi connectivity index (χ1) is 11.9. The molecule has 4 nitrogen and oxygen atoms in total. The Labute approximate surface area is 147 Å². The lowest BCUT2D eigenvalue weighted by Gasteiger charge is -2.18. The molecule has 132 valence electrons. The van der Waals surface area contributed by atoms with Crippen molar-refractivity contribution in [1.82, 2.24) is 0 Å². The second kappa shape index (κ2) is 8.42. The van der Waals surface area contributed by atoms with E-state index in [9.17, 15) is 14.0 Å². The van der Waals surface area contributed by atoms with Gasteiger partial charge in [-0.3, -0.25) is 4.79 Å². The molecule has 0 aliphatic rings. The number of carbonyl (C=O) groups is 2. The van der Waals surface area contributed by atoms with E-state index in [1.54, 1.807) is 0 Å². The predicted octanol–water partition coefficient (Wildman–Crippen LogP) is 4.52. The van der Waals surface area contributed by atoms with E-state index in [4.69, 9.17) is 4.74 Å². The maximum atomic E-state index is 12.9. The normalized spacial score (nSPS) is 13.0. The molecule has 2 aromatic rings. The Morgan fingerprint density at radius 3 is 2.36 bits per heavy atom. The highest BCUT2D eigenvalue weighted by Crippen LogP contribution is 2.26. The van der Waals surface area contributed by atoms with Crippen LogP contribution in [0.25, 0.3) is 0 Å². The van der Waals surface area contributed by atoms with Crippen LogP contribution in [0.15, 0.2) is 48.5 Å². The van der Waals surface area contributed by atoms with Crippen LogP contribution in [0.1, 0.15) is 49.0 Å². The second-order valence-corrected chi connectivity index (χ2v) is 5.94. The summed E-state index contributed by atoms with van der Waals surface area (Å²) in [5.41, 5.74) is 1.95. The van der Waals surface area contributed by atoms with Gasteiger partial charge in [0, 0.05) is 5.69 Å². The number of rotatable bonds is 6. The van der Waals surface area contributed by atoms with Gasteiger partial charge in [-0.15, -0.1) is 0 Å². The van der Waals surface area contributed by atoms with Crippen molar-refractivity contribution in [1.29, 1.82) is 0 Å². The summed E-state index contributed by atoms with van der Waals surface area (Å²) in [7, 11) is 0. The summed E-state index contributed by atoms with van der Waals surface area (Å²) in [5, 5.41) is 2.82. The molecule has 25 heavy (non-hydrogen) atoms. The molecule has 0 aliphatic carbocycles. The minimum absolute atomic E-state index is 0.195. The monoisotopic (exact) mass is 343 g/mol. The third-order valence-corrected chi connectivity index (χ3v) is 4.09. The highest BCUT2D eigenvalue weighted by atomic mass is 19.1. The number of hydrogen-bond donors (Lipinski definition) is 1. The summed E-state index contributed by atoms with van der Waals surface area (Å²) in [6, 6.07) is 12.5. The van der Waals surface area contributed by atoms with Crippen molar-refractivity contribution in [3.63, 3.8) is 0 Å². The second-order valence-electron chi connectivity index (χ2n) is 5.94. The van der Waals surface area contributed by atoms with Gasteiger partial charge in [0.15, 0.2) is 6.10 Å². The van der Waals surface area contributed by atoms with Crippen LogP contribution in [0, 0.1) is 5.82 Å². The molecule has 0 radical (unpaired) electrons. The van der Waals surface area contributed by atoms with Gasteiger partial charge in [-0.25, -0.2) is 9.18 Å². The number of halogens is 1. The van der Waals surface area contributed by atoms with Gasteiger partial charge in [-0.2, -0.15) is 0 Å². The van der Waals surface area contributed by atoms with E-state index in [2.05, 4.69) is 19.2 Å². The minimum Gasteiger partial charge on any atom is -0.449 e. The first-order valence-electron chi connectivity index (χ1n) is 8.28. The lowest BCUT2D eigenvalue weighted by Crippen LogP contribution is -2.30. The van der Waals surface area contributed by atoms with Gasteiger partial charge in [0.2, 0.25) is 0 Å². The summed E-state index contributed by atoms with van der Waals surface area (Å²) in [6.07, 6.45) is -0.0234. The topological polar surface area (TPSA) is 55.4 Å². The number of benzene rings is 2. The molecule has 0 aliphatic heterocycles. The smallest absolute Gasteiger partial charge is 0.338 e. The highest BCUT2D eigenvalue weighted by molar-refractivity contribution is 5.97. The fraction of sp³-hybridized carbons (Fsp3) is 0.300. The number of para-hydroxylation sites is 1. The third-order valence-electron chi connectivity index (χ3n) is 4.09. The SMILES string of the molecule is CC[C@@H](C)c1ccccc1NC(=O)[C@@H](C)OC(=O)c1ccc(F)cc1. The van der Waals surface area contributed by atoms with Gasteiger partial charge < -0.3 is 10.1 Å². The van der Waals surface area contributed by atoms with Gasteiger partial charge in [0.1, 0.15) is 5.82 Å². The van der Waals surface area contributed by atoms with Crippen molar-refractivity contribution < 1.29 is 18.7 Å². The molecule has 0 aromatic heterocycles. The maximum absolute atomic E-state index is 12.9. The fourth-order valence-electron chi connectivity index (χ4n) is 2.36. The number of hydrogen-bond acceptors (Lipinski definition) is 3. The number of ether oxygens (including phenoxy) is 1. The van der Waals surface area contributed by atoms with E-state index in [0.717, 1.165) is 12.0 Å². The molecule has 2 rings (SSSR count). The van der Waals surface area contributed by atoms with Crippen LogP contribution in [0.5, 0.6) is 0 Å². The van der Waals surface area contributed by atoms with Crippen molar-refractivity contribution in [2.24, 2.45) is 0 Å². The Morgan fingerprint density at radius 2 is 1.72 bits per heavy atom. The predicted molar refractivity (Wildman–Crippen MR) is 95.1 cm³/mol. The Balaban J connectivity index is 2.03. The molecule has 1 amide bonds.